The lowest BCUT2D eigenvalue weighted by Crippen LogP contribution is -2.31. The van der Waals surface area contributed by atoms with Gasteiger partial charge in [-0.1, -0.05) is 13.8 Å². The van der Waals surface area contributed by atoms with Crippen LogP contribution >= 0.6 is 0 Å². The van der Waals surface area contributed by atoms with E-state index in [9.17, 15) is 0 Å². The Morgan fingerprint density at radius 3 is 2.36 bits per heavy atom. The van der Waals surface area contributed by atoms with Crippen LogP contribution < -0.4 is 5.32 Å². The first-order chi connectivity index (χ1) is 6.70. The monoisotopic (exact) mass is 203 g/mol. The van der Waals surface area contributed by atoms with E-state index >= 15 is 0 Å². The highest BCUT2D eigenvalue weighted by Gasteiger charge is 2.06. The van der Waals surface area contributed by atoms with Crippen LogP contribution in [0.2, 0.25) is 0 Å². The number of nitrogens with one attached hydrogen (secondary N) is 1. The summed E-state index contributed by atoms with van der Waals surface area (Å²) >= 11 is 0. The van der Waals surface area contributed by atoms with Gasteiger partial charge in [0.05, 0.1) is 19.8 Å². The molecule has 0 aliphatic carbocycles. The Labute approximate surface area is 88.2 Å². The van der Waals surface area contributed by atoms with Crippen LogP contribution in [-0.2, 0) is 9.47 Å². The summed E-state index contributed by atoms with van der Waals surface area (Å²) < 4.78 is 10.4. The molecule has 86 valence electrons. The number of hydrogen-bond donors (Lipinski definition) is 1. The molecule has 0 rings (SSSR count). The Balaban J connectivity index is 3.38. The van der Waals surface area contributed by atoms with Gasteiger partial charge < -0.3 is 14.8 Å². The zero-order valence-corrected chi connectivity index (χ0v) is 10.0. The van der Waals surface area contributed by atoms with Crippen molar-refractivity contribution in [3.05, 3.63) is 0 Å². The molecular formula is C11H25NO2. The summed E-state index contributed by atoms with van der Waals surface area (Å²) in [6, 6.07) is 0.481. The van der Waals surface area contributed by atoms with Crippen LogP contribution in [0.1, 0.15) is 26.7 Å². The molecule has 0 aliphatic heterocycles. The van der Waals surface area contributed by atoms with E-state index in [2.05, 4.69) is 19.2 Å². The molecule has 0 amide bonds. The Hall–Kier alpha value is -0.120. The van der Waals surface area contributed by atoms with Crippen LogP contribution in [0.25, 0.3) is 0 Å². The van der Waals surface area contributed by atoms with E-state index in [4.69, 9.17) is 9.47 Å². The van der Waals surface area contributed by atoms with Crippen molar-refractivity contribution < 1.29 is 9.47 Å². The maximum Gasteiger partial charge on any atom is 0.0701 e. The van der Waals surface area contributed by atoms with Crippen molar-refractivity contribution in [2.24, 2.45) is 5.92 Å². The number of rotatable bonds is 9. The summed E-state index contributed by atoms with van der Waals surface area (Å²) in [4.78, 5) is 0. The van der Waals surface area contributed by atoms with Gasteiger partial charge in [0, 0.05) is 13.2 Å². The Kier molecular flexibility index (Phi) is 9.35. The minimum atomic E-state index is 0.481. The van der Waals surface area contributed by atoms with Crippen molar-refractivity contribution in [1.29, 1.82) is 0 Å². The maximum absolute atomic E-state index is 5.47. The van der Waals surface area contributed by atoms with Crippen molar-refractivity contribution in [1.82, 2.24) is 5.32 Å². The second-order valence-corrected chi connectivity index (χ2v) is 4.02. The molecule has 0 radical (unpaired) electrons. The predicted molar refractivity (Wildman–Crippen MR) is 59.6 cm³/mol. The lowest BCUT2D eigenvalue weighted by Gasteiger charge is -2.17. The zero-order chi connectivity index (χ0) is 10.8. The summed E-state index contributed by atoms with van der Waals surface area (Å²) in [7, 11) is 3.68. The van der Waals surface area contributed by atoms with Crippen molar-refractivity contribution in [3.8, 4) is 0 Å². The molecule has 0 heterocycles. The molecular weight excluding hydrogens is 178 g/mol. The second kappa shape index (κ2) is 9.44. The van der Waals surface area contributed by atoms with Gasteiger partial charge in [0.1, 0.15) is 0 Å². The summed E-state index contributed by atoms with van der Waals surface area (Å²) in [6.07, 6.45) is 2.43. The van der Waals surface area contributed by atoms with Crippen LogP contribution in [0.15, 0.2) is 0 Å². The van der Waals surface area contributed by atoms with Crippen molar-refractivity contribution in [3.63, 3.8) is 0 Å². The molecule has 0 aliphatic rings. The Morgan fingerprint density at radius 1 is 1.14 bits per heavy atom. The van der Waals surface area contributed by atoms with Gasteiger partial charge in [0.2, 0.25) is 0 Å². The van der Waals surface area contributed by atoms with Crippen molar-refractivity contribution >= 4 is 0 Å². The first-order valence-electron chi connectivity index (χ1n) is 5.44. The number of methoxy groups -OCH3 is 1. The highest BCUT2D eigenvalue weighted by Crippen LogP contribution is 2.06. The van der Waals surface area contributed by atoms with E-state index in [-0.39, 0.29) is 0 Å². The Bertz CT molecular complexity index is 118. The fourth-order valence-corrected chi connectivity index (χ4v) is 1.21. The third-order valence-corrected chi connectivity index (χ3v) is 2.25. The van der Waals surface area contributed by atoms with Gasteiger partial charge in [-0.15, -0.1) is 0 Å². The molecule has 3 heteroatoms. The number of ether oxygens (including phenoxy) is 2. The van der Waals surface area contributed by atoms with Gasteiger partial charge in [0.15, 0.2) is 0 Å². The topological polar surface area (TPSA) is 30.5 Å². The van der Waals surface area contributed by atoms with Crippen LogP contribution in [-0.4, -0.2) is 40.0 Å². The van der Waals surface area contributed by atoms with Gasteiger partial charge in [0.25, 0.3) is 0 Å². The fourth-order valence-electron chi connectivity index (χ4n) is 1.21. The molecule has 1 N–H and O–H groups in total. The molecule has 1 unspecified atom stereocenters. The third kappa shape index (κ3) is 8.48. The molecule has 0 aromatic carbocycles. The minimum absolute atomic E-state index is 0.481. The van der Waals surface area contributed by atoms with E-state index < -0.39 is 0 Å². The first kappa shape index (κ1) is 13.9. The molecule has 0 bridgehead atoms. The van der Waals surface area contributed by atoms with Gasteiger partial charge in [-0.2, -0.15) is 0 Å². The van der Waals surface area contributed by atoms with Gasteiger partial charge in [-0.05, 0) is 25.8 Å². The van der Waals surface area contributed by atoms with E-state index in [1.807, 2.05) is 7.05 Å². The predicted octanol–water partition coefficient (Wildman–Crippen LogP) is 1.67. The second-order valence-electron chi connectivity index (χ2n) is 4.02. The molecule has 0 saturated carbocycles. The number of likely N-dealkylation sites (N-methyl/N-ethyl adjacent to an activating group) is 1. The highest BCUT2D eigenvalue weighted by atomic mass is 16.5. The molecule has 0 aromatic heterocycles. The third-order valence-electron chi connectivity index (χ3n) is 2.25. The van der Waals surface area contributed by atoms with E-state index in [1.54, 1.807) is 7.11 Å². The van der Waals surface area contributed by atoms with Crippen LogP contribution in [0.3, 0.4) is 0 Å². The lowest BCUT2D eigenvalue weighted by atomic mass is 10.0. The van der Waals surface area contributed by atoms with Gasteiger partial charge in [-0.25, -0.2) is 0 Å². The molecule has 0 saturated heterocycles. The zero-order valence-electron chi connectivity index (χ0n) is 10.0. The SMILES string of the molecule is CNC(CCC(C)C)COCCOC. The average molecular weight is 203 g/mol. The average Bonchev–Trinajstić information content (AvgIpc) is 2.16. The van der Waals surface area contributed by atoms with Crippen molar-refractivity contribution in [2.75, 3.05) is 34.0 Å². The molecule has 3 nitrogen and oxygen atoms in total. The maximum atomic E-state index is 5.47. The quantitative estimate of drug-likeness (QED) is 0.578. The van der Waals surface area contributed by atoms with Crippen LogP contribution in [0.4, 0.5) is 0 Å². The molecule has 14 heavy (non-hydrogen) atoms. The highest BCUT2D eigenvalue weighted by molar-refractivity contribution is 4.64. The lowest BCUT2D eigenvalue weighted by molar-refractivity contribution is 0.0578. The Morgan fingerprint density at radius 2 is 1.86 bits per heavy atom. The van der Waals surface area contributed by atoms with E-state index in [0.29, 0.717) is 19.3 Å². The minimum Gasteiger partial charge on any atom is -0.382 e. The summed E-state index contributed by atoms with van der Waals surface area (Å²) in [5, 5.41) is 3.27. The smallest absolute Gasteiger partial charge is 0.0701 e. The summed E-state index contributed by atoms with van der Waals surface area (Å²) in [6.45, 7) is 6.65. The summed E-state index contributed by atoms with van der Waals surface area (Å²) in [5.74, 6) is 0.768. The molecule has 0 fully saturated rings. The van der Waals surface area contributed by atoms with Gasteiger partial charge >= 0.3 is 0 Å². The van der Waals surface area contributed by atoms with Crippen molar-refractivity contribution in [2.45, 2.75) is 32.7 Å². The van der Waals surface area contributed by atoms with E-state index in [1.165, 1.54) is 12.8 Å². The standard InChI is InChI=1S/C11H25NO2/c1-10(2)5-6-11(12-3)9-14-8-7-13-4/h10-12H,5-9H2,1-4H3. The van der Waals surface area contributed by atoms with Crippen LogP contribution in [0, 0.1) is 5.92 Å². The fraction of sp³-hybridized carbons (Fsp3) is 1.00. The molecule has 0 spiro atoms. The largest absolute Gasteiger partial charge is 0.382 e. The van der Waals surface area contributed by atoms with Crippen LogP contribution in [0.5, 0.6) is 0 Å². The van der Waals surface area contributed by atoms with E-state index in [0.717, 1.165) is 12.5 Å². The van der Waals surface area contributed by atoms with Gasteiger partial charge in [-0.3, -0.25) is 0 Å². The molecule has 1 atom stereocenters. The number of hydrogen-bond acceptors (Lipinski definition) is 3. The molecule has 0 aromatic rings. The summed E-state index contributed by atoms with van der Waals surface area (Å²) in [5.41, 5.74) is 0. The first-order valence-corrected chi connectivity index (χ1v) is 5.44. The normalized spacial score (nSPS) is 13.5.